The van der Waals surface area contributed by atoms with Gasteiger partial charge in [-0.25, -0.2) is 8.42 Å². The van der Waals surface area contributed by atoms with Crippen LogP contribution < -0.4 is 10.6 Å². The highest BCUT2D eigenvalue weighted by atomic mass is 127. The van der Waals surface area contributed by atoms with Gasteiger partial charge < -0.3 is 15.4 Å². The Morgan fingerprint density at radius 1 is 1.17 bits per heavy atom. The number of guanidine groups is 1. The number of hydrogen-bond acceptors (Lipinski definition) is 4. The van der Waals surface area contributed by atoms with Gasteiger partial charge in [-0.2, -0.15) is 4.31 Å². The van der Waals surface area contributed by atoms with E-state index in [9.17, 15) is 8.42 Å². The first-order valence-electron chi connectivity index (χ1n) is 10.7. The van der Waals surface area contributed by atoms with Gasteiger partial charge in [0.1, 0.15) is 0 Å². The molecule has 0 spiro atoms. The van der Waals surface area contributed by atoms with Crippen molar-refractivity contribution in [3.63, 3.8) is 0 Å². The van der Waals surface area contributed by atoms with Gasteiger partial charge >= 0.3 is 0 Å². The minimum atomic E-state index is -3.46. The largest absolute Gasteiger partial charge is 0.381 e. The summed E-state index contributed by atoms with van der Waals surface area (Å²) in [4.78, 5) is 4.62. The van der Waals surface area contributed by atoms with Crippen molar-refractivity contribution in [1.82, 2.24) is 14.9 Å². The molecule has 3 rings (SSSR count). The van der Waals surface area contributed by atoms with Crippen LogP contribution in [0, 0.1) is 5.92 Å². The van der Waals surface area contributed by atoms with Crippen LogP contribution in [-0.4, -0.2) is 58.6 Å². The van der Waals surface area contributed by atoms with Crippen LogP contribution in [0.1, 0.15) is 44.1 Å². The molecule has 2 N–H and O–H groups in total. The molecule has 1 saturated heterocycles. The molecule has 1 saturated carbocycles. The normalized spacial score (nSPS) is 18.0. The van der Waals surface area contributed by atoms with Gasteiger partial charge in [0.2, 0.25) is 10.0 Å². The number of sulfonamides is 1. The third-order valence-corrected chi connectivity index (χ3v) is 7.38. The second kappa shape index (κ2) is 12.8. The van der Waals surface area contributed by atoms with Crippen LogP contribution in [0.3, 0.4) is 0 Å². The summed E-state index contributed by atoms with van der Waals surface area (Å²) in [6.45, 7) is 4.01. The minimum absolute atomic E-state index is 0. The first-order valence-corrected chi connectivity index (χ1v) is 12.2. The van der Waals surface area contributed by atoms with Crippen LogP contribution in [-0.2, 0) is 21.3 Å². The van der Waals surface area contributed by atoms with Gasteiger partial charge in [0.15, 0.2) is 5.96 Å². The topological polar surface area (TPSA) is 83.0 Å². The zero-order chi connectivity index (χ0) is 20.5. The first kappa shape index (κ1) is 25.4. The van der Waals surface area contributed by atoms with E-state index in [0.717, 1.165) is 56.9 Å². The highest BCUT2D eigenvalue weighted by Crippen LogP contribution is 2.28. The molecular formula is C21H35IN4O3S. The lowest BCUT2D eigenvalue weighted by Crippen LogP contribution is -2.39. The monoisotopic (exact) mass is 550 g/mol. The molecule has 0 radical (unpaired) electrons. The number of rotatable bonds is 10. The van der Waals surface area contributed by atoms with Gasteiger partial charge in [-0.3, -0.25) is 4.99 Å². The highest BCUT2D eigenvalue weighted by Gasteiger charge is 2.27. The van der Waals surface area contributed by atoms with Crippen molar-refractivity contribution in [1.29, 1.82) is 0 Å². The van der Waals surface area contributed by atoms with Crippen LogP contribution >= 0.6 is 24.0 Å². The zero-order valence-electron chi connectivity index (χ0n) is 17.8. The molecule has 1 aliphatic heterocycles. The van der Waals surface area contributed by atoms with E-state index in [2.05, 4.69) is 15.6 Å². The number of nitrogens with one attached hydrogen (secondary N) is 2. The molecule has 2 aliphatic rings. The molecule has 1 heterocycles. The molecule has 0 bridgehead atoms. The van der Waals surface area contributed by atoms with Crippen molar-refractivity contribution in [2.45, 2.75) is 50.0 Å². The summed E-state index contributed by atoms with van der Waals surface area (Å²) < 4.78 is 33.4. The number of nitrogens with zero attached hydrogens (tertiary/aromatic N) is 2. The number of hydrogen-bond donors (Lipinski definition) is 2. The maximum Gasteiger partial charge on any atom is 0.243 e. The number of piperidine rings is 1. The fraction of sp³-hybridized carbons (Fsp3) is 0.667. The minimum Gasteiger partial charge on any atom is -0.381 e. The highest BCUT2D eigenvalue weighted by molar-refractivity contribution is 14.0. The third kappa shape index (κ3) is 7.65. The number of benzene rings is 1. The lowest BCUT2D eigenvalue weighted by molar-refractivity contribution is 0.123. The number of aliphatic imine (C=N–C) groups is 1. The molecule has 0 amide bonds. The van der Waals surface area contributed by atoms with E-state index >= 15 is 0 Å². The average molecular weight is 551 g/mol. The molecule has 7 nitrogen and oxygen atoms in total. The molecule has 0 aromatic heterocycles. The standard InChI is InChI=1S/C21H34N4O3S.HI/c1-22-21(23-12-7-15-28-17-18-10-11-18)24-16-19-8-3-4-9-20(19)29(26,27)25-13-5-2-6-14-25;/h3-4,8-9,18H,2,5-7,10-17H2,1H3,(H2,22,23,24);1H. The Bertz CT molecular complexity index is 778. The Hall–Kier alpha value is -0.910. The van der Waals surface area contributed by atoms with Gasteiger partial charge in [-0.15, -0.1) is 24.0 Å². The molecule has 0 atom stereocenters. The van der Waals surface area contributed by atoms with Gasteiger partial charge in [-0.05, 0) is 49.7 Å². The van der Waals surface area contributed by atoms with Crippen LogP contribution in [0.2, 0.25) is 0 Å². The fourth-order valence-corrected chi connectivity index (χ4v) is 5.20. The maximum atomic E-state index is 13.1. The van der Waals surface area contributed by atoms with E-state index in [4.69, 9.17) is 4.74 Å². The number of halogens is 1. The molecule has 170 valence electrons. The number of ether oxygens (including phenoxy) is 1. The molecule has 0 unspecified atom stereocenters. The lowest BCUT2D eigenvalue weighted by Gasteiger charge is -2.27. The van der Waals surface area contributed by atoms with E-state index in [-0.39, 0.29) is 24.0 Å². The first-order chi connectivity index (χ1) is 14.1. The molecular weight excluding hydrogens is 515 g/mol. The summed E-state index contributed by atoms with van der Waals surface area (Å²) in [5.74, 6) is 1.45. The van der Waals surface area contributed by atoms with Gasteiger partial charge in [-0.1, -0.05) is 24.6 Å². The third-order valence-electron chi connectivity index (χ3n) is 5.38. The molecule has 1 aliphatic carbocycles. The van der Waals surface area contributed by atoms with E-state index < -0.39 is 10.0 Å². The predicted molar refractivity (Wildman–Crippen MR) is 131 cm³/mol. The van der Waals surface area contributed by atoms with E-state index in [0.29, 0.717) is 30.5 Å². The van der Waals surface area contributed by atoms with Crippen LogP contribution in [0.25, 0.3) is 0 Å². The van der Waals surface area contributed by atoms with Crippen LogP contribution in [0.5, 0.6) is 0 Å². The fourth-order valence-electron chi connectivity index (χ4n) is 3.46. The second-order valence-electron chi connectivity index (χ2n) is 7.80. The molecule has 1 aromatic carbocycles. The second-order valence-corrected chi connectivity index (χ2v) is 9.70. The Kier molecular flexibility index (Phi) is 10.8. The maximum absolute atomic E-state index is 13.1. The van der Waals surface area contributed by atoms with Crippen molar-refractivity contribution in [3.05, 3.63) is 29.8 Å². The van der Waals surface area contributed by atoms with Crippen molar-refractivity contribution in [3.8, 4) is 0 Å². The predicted octanol–water partition coefficient (Wildman–Crippen LogP) is 2.96. The van der Waals surface area contributed by atoms with E-state index in [1.165, 1.54) is 12.8 Å². The van der Waals surface area contributed by atoms with Crippen molar-refractivity contribution < 1.29 is 13.2 Å². The molecule has 2 fully saturated rings. The SMILES string of the molecule is CN=C(NCCCOCC1CC1)NCc1ccccc1S(=O)(=O)N1CCCCC1.I. The summed E-state index contributed by atoms with van der Waals surface area (Å²) in [5, 5.41) is 6.50. The van der Waals surface area contributed by atoms with E-state index in [1.807, 2.05) is 12.1 Å². The smallest absolute Gasteiger partial charge is 0.243 e. The van der Waals surface area contributed by atoms with Gasteiger partial charge in [0, 0.05) is 46.4 Å². The summed E-state index contributed by atoms with van der Waals surface area (Å²) in [7, 11) is -1.74. The summed E-state index contributed by atoms with van der Waals surface area (Å²) in [6.07, 6.45) is 6.49. The quantitative estimate of drug-likeness (QED) is 0.203. The van der Waals surface area contributed by atoms with Crippen molar-refractivity contribution >= 4 is 40.0 Å². The van der Waals surface area contributed by atoms with Crippen molar-refractivity contribution in [2.24, 2.45) is 10.9 Å². The summed E-state index contributed by atoms with van der Waals surface area (Å²) >= 11 is 0. The van der Waals surface area contributed by atoms with E-state index in [1.54, 1.807) is 23.5 Å². The zero-order valence-corrected chi connectivity index (χ0v) is 21.0. The van der Waals surface area contributed by atoms with Gasteiger partial charge in [0.05, 0.1) is 4.90 Å². The Balaban J connectivity index is 0.00000320. The lowest BCUT2D eigenvalue weighted by atomic mass is 10.2. The summed E-state index contributed by atoms with van der Waals surface area (Å²) in [5.41, 5.74) is 0.758. The van der Waals surface area contributed by atoms with Crippen molar-refractivity contribution in [2.75, 3.05) is 39.9 Å². The summed E-state index contributed by atoms with van der Waals surface area (Å²) in [6, 6.07) is 7.23. The Morgan fingerprint density at radius 2 is 1.90 bits per heavy atom. The molecule has 9 heteroatoms. The van der Waals surface area contributed by atoms with Crippen LogP contribution in [0.4, 0.5) is 0 Å². The Labute approximate surface area is 198 Å². The van der Waals surface area contributed by atoms with Gasteiger partial charge in [0.25, 0.3) is 0 Å². The molecule has 1 aromatic rings. The van der Waals surface area contributed by atoms with Crippen LogP contribution in [0.15, 0.2) is 34.2 Å². The average Bonchev–Trinajstić information content (AvgIpc) is 3.58. The Morgan fingerprint density at radius 3 is 2.60 bits per heavy atom. The molecule has 30 heavy (non-hydrogen) atoms.